The lowest BCUT2D eigenvalue weighted by atomic mass is 10.0. The van der Waals surface area contributed by atoms with Gasteiger partial charge in [-0.2, -0.15) is 0 Å². The van der Waals surface area contributed by atoms with Crippen molar-refractivity contribution in [3.8, 4) is 0 Å². The first-order chi connectivity index (χ1) is 7.66. The number of nitrogens with zero attached hydrogens (tertiary/aromatic N) is 1. The van der Waals surface area contributed by atoms with Gasteiger partial charge in [0.15, 0.2) is 0 Å². The molecule has 0 fully saturated rings. The van der Waals surface area contributed by atoms with Crippen LogP contribution in [0.1, 0.15) is 47.8 Å². The number of nitrogens with one attached hydrogen (secondary N) is 1. The third-order valence-electron chi connectivity index (χ3n) is 3.07. The van der Waals surface area contributed by atoms with Gasteiger partial charge >= 0.3 is 0 Å². The average Bonchev–Trinajstić information content (AvgIpc) is 2.59. The van der Waals surface area contributed by atoms with E-state index < -0.39 is 0 Å². The molecule has 0 saturated heterocycles. The Bertz CT molecular complexity index is 381. The molecule has 0 saturated carbocycles. The molecule has 2 unspecified atom stereocenters. The molecule has 3 heteroatoms. The Hall–Kier alpha value is -0.670. The van der Waals surface area contributed by atoms with Crippen molar-refractivity contribution < 1.29 is 0 Å². The third kappa shape index (κ3) is 2.71. The Morgan fingerprint density at radius 2 is 2.31 bits per heavy atom. The summed E-state index contributed by atoms with van der Waals surface area (Å²) in [5.74, 6) is 0. The second kappa shape index (κ2) is 5.11. The molecule has 1 heterocycles. The van der Waals surface area contributed by atoms with Gasteiger partial charge in [0, 0.05) is 17.0 Å². The summed E-state index contributed by atoms with van der Waals surface area (Å²) in [7, 11) is 0. The van der Waals surface area contributed by atoms with E-state index in [9.17, 15) is 0 Å². The second-order valence-electron chi connectivity index (χ2n) is 4.53. The average molecular weight is 236 g/mol. The fourth-order valence-electron chi connectivity index (χ4n) is 2.30. The zero-order valence-corrected chi connectivity index (χ0v) is 11.1. The number of rotatable bonds is 3. The number of allylic oxidation sites excluding steroid dienone is 1. The highest BCUT2D eigenvalue weighted by molar-refractivity contribution is 7.11. The quantitative estimate of drug-likeness (QED) is 0.812. The predicted molar refractivity (Wildman–Crippen MR) is 69.9 cm³/mol. The molecule has 2 rings (SSSR count). The zero-order valence-electron chi connectivity index (χ0n) is 10.3. The molecule has 1 aromatic heterocycles. The maximum Gasteiger partial charge on any atom is 0.0900 e. The molecule has 16 heavy (non-hydrogen) atoms. The molecule has 1 aliphatic rings. The number of hydrogen-bond donors (Lipinski definition) is 1. The van der Waals surface area contributed by atoms with Gasteiger partial charge in [-0.1, -0.05) is 12.2 Å². The molecule has 2 atom stereocenters. The van der Waals surface area contributed by atoms with Crippen molar-refractivity contribution in [3.05, 3.63) is 27.7 Å². The van der Waals surface area contributed by atoms with Gasteiger partial charge in [-0.15, -0.1) is 11.3 Å². The summed E-state index contributed by atoms with van der Waals surface area (Å²) in [5.41, 5.74) is 1.22. The fraction of sp³-hybridized carbons (Fsp3) is 0.615. The maximum absolute atomic E-state index is 4.61. The number of hydrogen-bond acceptors (Lipinski definition) is 3. The van der Waals surface area contributed by atoms with E-state index in [-0.39, 0.29) is 0 Å². The molecule has 2 nitrogen and oxygen atoms in total. The molecule has 1 N–H and O–H groups in total. The van der Waals surface area contributed by atoms with Crippen molar-refractivity contribution in [1.82, 2.24) is 10.3 Å². The smallest absolute Gasteiger partial charge is 0.0900 e. The van der Waals surface area contributed by atoms with E-state index in [1.54, 1.807) is 11.3 Å². The first-order valence-corrected chi connectivity index (χ1v) is 6.85. The van der Waals surface area contributed by atoms with Gasteiger partial charge < -0.3 is 5.32 Å². The van der Waals surface area contributed by atoms with Crippen LogP contribution in [0.5, 0.6) is 0 Å². The van der Waals surface area contributed by atoms with Gasteiger partial charge in [0.1, 0.15) is 0 Å². The number of aryl methyl sites for hydroxylation is 2. The monoisotopic (exact) mass is 236 g/mol. The van der Waals surface area contributed by atoms with Crippen molar-refractivity contribution in [3.63, 3.8) is 0 Å². The molecular formula is C13H20N2S. The van der Waals surface area contributed by atoms with Crippen LogP contribution in [0.2, 0.25) is 0 Å². The van der Waals surface area contributed by atoms with Crippen LogP contribution in [0, 0.1) is 13.8 Å². The van der Waals surface area contributed by atoms with E-state index in [0.29, 0.717) is 12.1 Å². The minimum Gasteiger partial charge on any atom is -0.303 e. The largest absolute Gasteiger partial charge is 0.303 e. The van der Waals surface area contributed by atoms with Crippen molar-refractivity contribution in [2.75, 3.05) is 0 Å². The fourth-order valence-corrected chi connectivity index (χ4v) is 3.21. The lowest BCUT2D eigenvalue weighted by Gasteiger charge is -2.22. The molecule has 0 amide bonds. The van der Waals surface area contributed by atoms with Gasteiger partial charge in [0.25, 0.3) is 0 Å². The Balaban J connectivity index is 2.02. The molecule has 0 radical (unpaired) electrons. The minimum atomic E-state index is 0.359. The molecule has 88 valence electrons. The molecular weight excluding hydrogens is 216 g/mol. The summed E-state index contributed by atoms with van der Waals surface area (Å²) in [5, 5.41) is 4.81. The van der Waals surface area contributed by atoms with Crippen LogP contribution >= 0.6 is 11.3 Å². The van der Waals surface area contributed by atoms with Gasteiger partial charge in [-0.05, 0) is 40.0 Å². The van der Waals surface area contributed by atoms with Crippen molar-refractivity contribution in [2.45, 2.75) is 52.1 Å². The van der Waals surface area contributed by atoms with Crippen LogP contribution in [0.4, 0.5) is 0 Å². The van der Waals surface area contributed by atoms with Crippen LogP contribution in [-0.2, 0) is 0 Å². The first kappa shape index (κ1) is 11.8. The summed E-state index contributed by atoms with van der Waals surface area (Å²) in [6.45, 7) is 6.45. The molecule has 0 spiro atoms. The summed E-state index contributed by atoms with van der Waals surface area (Å²) in [6, 6.07) is 0.892. The molecule has 1 aliphatic carbocycles. The van der Waals surface area contributed by atoms with Crippen LogP contribution in [0.25, 0.3) is 0 Å². The summed E-state index contributed by atoms with van der Waals surface area (Å²) in [6.07, 6.45) is 8.38. The Morgan fingerprint density at radius 1 is 1.50 bits per heavy atom. The van der Waals surface area contributed by atoms with E-state index in [1.807, 2.05) is 0 Å². The first-order valence-electron chi connectivity index (χ1n) is 6.03. The lowest BCUT2D eigenvalue weighted by Crippen LogP contribution is -2.31. The van der Waals surface area contributed by atoms with Gasteiger partial charge in [0.2, 0.25) is 0 Å². The highest BCUT2D eigenvalue weighted by Gasteiger charge is 2.16. The molecule has 1 aromatic rings. The van der Waals surface area contributed by atoms with Crippen LogP contribution in [0.15, 0.2) is 12.2 Å². The number of thiazole rings is 1. The van der Waals surface area contributed by atoms with Gasteiger partial charge in [0.05, 0.1) is 10.7 Å². The zero-order chi connectivity index (χ0) is 11.5. The molecule has 0 bridgehead atoms. The van der Waals surface area contributed by atoms with Crippen molar-refractivity contribution >= 4 is 11.3 Å². The summed E-state index contributed by atoms with van der Waals surface area (Å²) < 4.78 is 0. The van der Waals surface area contributed by atoms with E-state index in [2.05, 4.69) is 43.2 Å². The predicted octanol–water partition coefficient (Wildman–Crippen LogP) is 3.52. The number of aromatic nitrogens is 1. The van der Waals surface area contributed by atoms with Gasteiger partial charge in [-0.3, -0.25) is 0 Å². The van der Waals surface area contributed by atoms with Gasteiger partial charge in [-0.25, -0.2) is 4.98 Å². The normalized spacial score (nSPS) is 22.3. The Kier molecular flexibility index (Phi) is 3.77. The molecule has 0 aliphatic heterocycles. The summed E-state index contributed by atoms with van der Waals surface area (Å²) >= 11 is 1.79. The van der Waals surface area contributed by atoms with E-state index in [0.717, 1.165) is 0 Å². The SMILES string of the molecule is Cc1nc(C(C)NC2C=CCCC2)c(C)s1. The molecule has 0 aromatic carbocycles. The summed E-state index contributed by atoms with van der Waals surface area (Å²) in [4.78, 5) is 5.95. The third-order valence-corrected chi connectivity index (χ3v) is 3.97. The van der Waals surface area contributed by atoms with Crippen molar-refractivity contribution in [2.24, 2.45) is 0 Å². The Labute approximate surface area is 102 Å². The Morgan fingerprint density at radius 3 is 2.88 bits per heavy atom. The highest BCUT2D eigenvalue weighted by atomic mass is 32.1. The van der Waals surface area contributed by atoms with Crippen molar-refractivity contribution in [1.29, 1.82) is 0 Å². The van der Waals surface area contributed by atoms with Crippen LogP contribution in [0.3, 0.4) is 0 Å². The van der Waals surface area contributed by atoms with Crippen LogP contribution < -0.4 is 5.32 Å². The second-order valence-corrected chi connectivity index (χ2v) is 5.94. The van der Waals surface area contributed by atoms with E-state index in [1.165, 1.54) is 34.8 Å². The lowest BCUT2D eigenvalue weighted by molar-refractivity contribution is 0.461. The van der Waals surface area contributed by atoms with E-state index in [4.69, 9.17) is 0 Å². The van der Waals surface area contributed by atoms with Crippen LogP contribution in [-0.4, -0.2) is 11.0 Å². The topological polar surface area (TPSA) is 24.9 Å². The van der Waals surface area contributed by atoms with E-state index >= 15 is 0 Å². The maximum atomic E-state index is 4.61. The minimum absolute atomic E-state index is 0.359. The standard InChI is InChI=1S/C13H20N2S/c1-9(13-10(2)16-11(3)15-13)14-12-7-5-4-6-8-12/h5,7,9,12,14H,4,6,8H2,1-3H3. The highest BCUT2D eigenvalue weighted by Crippen LogP contribution is 2.23.